The zero-order valence-electron chi connectivity index (χ0n) is 13.8. The topological polar surface area (TPSA) is 79.0 Å². The van der Waals surface area contributed by atoms with Crippen molar-refractivity contribution in [3.63, 3.8) is 0 Å². The van der Waals surface area contributed by atoms with Gasteiger partial charge in [0.15, 0.2) is 0 Å². The van der Waals surface area contributed by atoms with Crippen LogP contribution in [0.2, 0.25) is 0 Å². The van der Waals surface area contributed by atoms with E-state index in [1.54, 1.807) is 0 Å². The first-order valence-electron chi connectivity index (χ1n) is 8.26. The molecule has 7 heteroatoms. The number of carboxylic acids is 1. The Morgan fingerprint density at radius 1 is 1.30 bits per heavy atom. The van der Waals surface area contributed by atoms with Crippen LogP contribution in [0.3, 0.4) is 0 Å². The standard InChI is InChI=1S/C16H25N3O4/c1-11-14(12(2)23-17-11)10-19-4-3-13(9-15(19)16(20)21)18-5-7-22-8-6-18/h13,15H,3-10H2,1-2H3,(H,20,21)/t13-,15-/m0/s1. The third-order valence-electron chi connectivity index (χ3n) is 5.08. The Balaban J connectivity index is 1.69. The lowest BCUT2D eigenvalue weighted by molar-refractivity contribution is -0.146. The van der Waals surface area contributed by atoms with Crippen LogP contribution in [0.25, 0.3) is 0 Å². The second-order valence-electron chi connectivity index (χ2n) is 6.45. The highest BCUT2D eigenvalue weighted by molar-refractivity contribution is 5.73. The number of aryl methyl sites for hydroxylation is 2. The van der Waals surface area contributed by atoms with Gasteiger partial charge in [-0.2, -0.15) is 0 Å². The van der Waals surface area contributed by atoms with E-state index in [1.165, 1.54) is 0 Å². The van der Waals surface area contributed by atoms with Gasteiger partial charge in [0.2, 0.25) is 0 Å². The molecule has 1 N–H and O–H groups in total. The molecule has 0 saturated carbocycles. The molecule has 23 heavy (non-hydrogen) atoms. The number of likely N-dealkylation sites (tertiary alicyclic amines) is 1. The van der Waals surface area contributed by atoms with Crippen molar-refractivity contribution in [2.24, 2.45) is 0 Å². The SMILES string of the molecule is Cc1noc(C)c1CN1CC[C@H](N2CCOCC2)C[C@H]1C(=O)O. The van der Waals surface area contributed by atoms with Crippen LogP contribution >= 0.6 is 0 Å². The highest BCUT2D eigenvalue weighted by Gasteiger charge is 2.36. The fraction of sp³-hybridized carbons (Fsp3) is 0.750. The van der Waals surface area contributed by atoms with Crippen LogP contribution in [0, 0.1) is 13.8 Å². The first-order valence-corrected chi connectivity index (χ1v) is 8.26. The molecular formula is C16H25N3O4. The zero-order valence-corrected chi connectivity index (χ0v) is 13.8. The Morgan fingerprint density at radius 3 is 2.65 bits per heavy atom. The first kappa shape index (κ1) is 16.4. The summed E-state index contributed by atoms with van der Waals surface area (Å²) in [5.74, 6) is 0.0386. The molecule has 0 unspecified atom stereocenters. The molecule has 0 amide bonds. The molecule has 3 heterocycles. The summed E-state index contributed by atoms with van der Waals surface area (Å²) in [5, 5.41) is 13.6. The fourth-order valence-corrected chi connectivity index (χ4v) is 3.65. The third kappa shape index (κ3) is 3.57. The number of aliphatic carboxylic acids is 1. The van der Waals surface area contributed by atoms with Crippen LogP contribution < -0.4 is 0 Å². The number of rotatable bonds is 4. The second kappa shape index (κ2) is 6.98. The molecule has 3 rings (SSSR count). The van der Waals surface area contributed by atoms with Crippen molar-refractivity contribution in [3.05, 3.63) is 17.0 Å². The molecule has 7 nitrogen and oxygen atoms in total. The normalized spacial score (nSPS) is 27.2. The average molecular weight is 323 g/mol. The number of hydrogen-bond donors (Lipinski definition) is 1. The maximum atomic E-state index is 11.8. The van der Waals surface area contributed by atoms with E-state index in [1.807, 2.05) is 18.7 Å². The van der Waals surface area contributed by atoms with Gasteiger partial charge in [0.25, 0.3) is 0 Å². The van der Waals surface area contributed by atoms with Crippen LogP contribution in [-0.4, -0.2) is 71.0 Å². The van der Waals surface area contributed by atoms with Gasteiger partial charge in [-0.3, -0.25) is 14.6 Å². The molecule has 128 valence electrons. The lowest BCUT2D eigenvalue weighted by atomic mass is 9.94. The van der Waals surface area contributed by atoms with Crippen molar-refractivity contribution in [1.82, 2.24) is 15.0 Å². The molecule has 1 aromatic rings. The first-order chi connectivity index (χ1) is 11.1. The number of nitrogens with zero attached hydrogens (tertiary/aromatic N) is 3. The Morgan fingerprint density at radius 2 is 2.04 bits per heavy atom. The zero-order chi connectivity index (χ0) is 16.4. The summed E-state index contributed by atoms with van der Waals surface area (Å²) in [6, 6.07) is -0.119. The molecule has 0 spiro atoms. The van der Waals surface area contributed by atoms with Crippen molar-refractivity contribution < 1.29 is 19.2 Å². The van der Waals surface area contributed by atoms with Crippen LogP contribution in [0.1, 0.15) is 29.9 Å². The van der Waals surface area contributed by atoms with Crippen LogP contribution in [0.5, 0.6) is 0 Å². The molecule has 0 aliphatic carbocycles. The molecule has 2 saturated heterocycles. The Kier molecular flexibility index (Phi) is 4.99. The van der Waals surface area contributed by atoms with Crippen molar-refractivity contribution in [3.8, 4) is 0 Å². The summed E-state index contributed by atoms with van der Waals surface area (Å²) in [5.41, 5.74) is 1.86. The third-order valence-corrected chi connectivity index (χ3v) is 5.08. The van der Waals surface area contributed by atoms with Crippen LogP contribution in [-0.2, 0) is 16.1 Å². The number of piperidine rings is 1. The second-order valence-corrected chi connectivity index (χ2v) is 6.45. The largest absolute Gasteiger partial charge is 0.480 e. The monoisotopic (exact) mass is 323 g/mol. The Labute approximate surface area is 136 Å². The molecule has 2 fully saturated rings. The number of hydrogen-bond acceptors (Lipinski definition) is 6. The minimum absolute atomic E-state index is 0.334. The summed E-state index contributed by atoms with van der Waals surface area (Å²) < 4.78 is 10.6. The molecule has 2 aliphatic rings. The highest BCUT2D eigenvalue weighted by Crippen LogP contribution is 2.26. The van der Waals surface area contributed by atoms with Gasteiger partial charge in [-0.1, -0.05) is 5.16 Å². The van der Waals surface area contributed by atoms with Gasteiger partial charge < -0.3 is 14.4 Å². The van der Waals surface area contributed by atoms with Gasteiger partial charge in [-0.15, -0.1) is 0 Å². The summed E-state index contributed by atoms with van der Waals surface area (Å²) in [4.78, 5) is 16.2. The molecular weight excluding hydrogens is 298 g/mol. The van der Waals surface area contributed by atoms with E-state index in [0.717, 1.165) is 56.3 Å². The summed E-state index contributed by atoms with van der Waals surface area (Å²) in [7, 11) is 0. The van der Waals surface area contributed by atoms with Gasteiger partial charge in [0.05, 0.1) is 18.9 Å². The van der Waals surface area contributed by atoms with E-state index < -0.39 is 12.0 Å². The molecule has 0 aromatic carbocycles. The smallest absolute Gasteiger partial charge is 0.320 e. The van der Waals surface area contributed by atoms with Gasteiger partial charge in [-0.25, -0.2) is 0 Å². The van der Waals surface area contributed by atoms with E-state index >= 15 is 0 Å². The highest BCUT2D eigenvalue weighted by atomic mass is 16.5. The van der Waals surface area contributed by atoms with Crippen molar-refractivity contribution in [1.29, 1.82) is 0 Å². The molecule has 1 aromatic heterocycles. The van der Waals surface area contributed by atoms with E-state index in [0.29, 0.717) is 19.0 Å². The van der Waals surface area contributed by atoms with Gasteiger partial charge in [0.1, 0.15) is 11.8 Å². The van der Waals surface area contributed by atoms with Crippen molar-refractivity contribution >= 4 is 5.97 Å². The molecule has 0 radical (unpaired) electrons. The maximum Gasteiger partial charge on any atom is 0.320 e. The fourth-order valence-electron chi connectivity index (χ4n) is 3.65. The van der Waals surface area contributed by atoms with E-state index in [9.17, 15) is 9.90 Å². The molecule has 2 atom stereocenters. The number of ether oxygens (including phenoxy) is 1. The van der Waals surface area contributed by atoms with Gasteiger partial charge in [-0.05, 0) is 26.7 Å². The van der Waals surface area contributed by atoms with E-state index in [2.05, 4.69) is 10.1 Å². The van der Waals surface area contributed by atoms with Crippen molar-refractivity contribution in [2.45, 2.75) is 45.3 Å². The minimum atomic E-state index is -0.741. The van der Waals surface area contributed by atoms with Crippen LogP contribution in [0.15, 0.2) is 4.52 Å². The number of carbonyl (C=O) groups is 1. The minimum Gasteiger partial charge on any atom is -0.480 e. The van der Waals surface area contributed by atoms with Gasteiger partial charge in [0, 0.05) is 37.8 Å². The summed E-state index contributed by atoms with van der Waals surface area (Å²) >= 11 is 0. The summed E-state index contributed by atoms with van der Waals surface area (Å²) in [6.07, 6.45) is 1.66. The number of morpholine rings is 1. The number of aromatic nitrogens is 1. The lowest BCUT2D eigenvalue weighted by Gasteiger charge is -2.43. The lowest BCUT2D eigenvalue weighted by Crippen LogP contribution is -2.54. The molecule has 0 bridgehead atoms. The molecule has 2 aliphatic heterocycles. The van der Waals surface area contributed by atoms with Crippen molar-refractivity contribution in [2.75, 3.05) is 32.8 Å². The van der Waals surface area contributed by atoms with E-state index in [-0.39, 0.29) is 0 Å². The van der Waals surface area contributed by atoms with Gasteiger partial charge >= 0.3 is 5.97 Å². The Bertz CT molecular complexity index is 534. The summed E-state index contributed by atoms with van der Waals surface area (Å²) in [6.45, 7) is 8.46. The van der Waals surface area contributed by atoms with E-state index in [4.69, 9.17) is 9.26 Å². The Hall–Kier alpha value is -1.44. The number of carboxylic acid groups (broad SMARTS) is 1. The average Bonchev–Trinajstić information content (AvgIpc) is 2.88. The predicted molar refractivity (Wildman–Crippen MR) is 83.2 cm³/mol. The maximum absolute atomic E-state index is 11.8. The quantitative estimate of drug-likeness (QED) is 0.887. The predicted octanol–water partition coefficient (Wildman–Crippen LogP) is 1.04. The van der Waals surface area contributed by atoms with Crippen LogP contribution in [0.4, 0.5) is 0 Å².